The molecule has 0 spiro atoms. The van der Waals surface area contributed by atoms with Gasteiger partial charge in [-0.3, -0.25) is 4.79 Å². The third-order valence-corrected chi connectivity index (χ3v) is 4.92. The molecule has 2 aromatic carbocycles. The van der Waals surface area contributed by atoms with E-state index < -0.39 is 0 Å². The molecule has 0 saturated heterocycles. The van der Waals surface area contributed by atoms with Crippen molar-refractivity contribution in [2.24, 2.45) is 0 Å². The van der Waals surface area contributed by atoms with Crippen LogP contribution in [0.2, 0.25) is 0 Å². The molecule has 1 aliphatic rings. The molecule has 3 aromatic rings. The van der Waals surface area contributed by atoms with Gasteiger partial charge in [0.25, 0.3) is 5.91 Å². The standard InChI is InChI=1S/C22H22N4O/c1-2-16-7-9-19(10-8-16)25-21-14-23-20(13-24-21)22(27)26-12-11-17-5-3-4-6-18(17)15-26/h3-10,13-14H,2,11-12,15H2,1H3,(H,24,25). The molecule has 5 heteroatoms. The fourth-order valence-corrected chi connectivity index (χ4v) is 3.31. The number of amides is 1. The normalized spacial score (nSPS) is 13.1. The molecule has 0 radical (unpaired) electrons. The summed E-state index contributed by atoms with van der Waals surface area (Å²) in [4.78, 5) is 23.3. The summed E-state index contributed by atoms with van der Waals surface area (Å²) in [5.74, 6) is 0.552. The SMILES string of the molecule is CCc1ccc(Nc2cnc(C(=O)N3CCc4ccccc4C3)cn2)cc1. The lowest BCUT2D eigenvalue weighted by atomic mass is 10.00. The number of anilines is 2. The van der Waals surface area contributed by atoms with Gasteiger partial charge < -0.3 is 10.2 Å². The summed E-state index contributed by atoms with van der Waals surface area (Å²) < 4.78 is 0. The molecule has 1 N–H and O–H groups in total. The van der Waals surface area contributed by atoms with E-state index in [0.29, 0.717) is 24.6 Å². The second kappa shape index (κ2) is 7.58. The van der Waals surface area contributed by atoms with E-state index in [1.54, 1.807) is 12.4 Å². The average molecular weight is 358 g/mol. The molecule has 0 fully saturated rings. The maximum absolute atomic E-state index is 12.8. The van der Waals surface area contributed by atoms with E-state index in [-0.39, 0.29) is 5.91 Å². The quantitative estimate of drug-likeness (QED) is 0.766. The van der Waals surface area contributed by atoms with E-state index in [1.165, 1.54) is 16.7 Å². The Morgan fingerprint density at radius 3 is 2.52 bits per heavy atom. The molecule has 0 unspecified atom stereocenters. The predicted octanol–water partition coefficient (Wildman–Crippen LogP) is 3.98. The van der Waals surface area contributed by atoms with Crippen molar-refractivity contribution in [3.63, 3.8) is 0 Å². The van der Waals surface area contributed by atoms with Crippen molar-refractivity contribution >= 4 is 17.4 Å². The number of carbonyl (C=O) groups excluding carboxylic acids is 1. The van der Waals surface area contributed by atoms with Crippen LogP contribution in [0.3, 0.4) is 0 Å². The number of carbonyl (C=O) groups is 1. The molecule has 0 atom stereocenters. The first-order valence-electron chi connectivity index (χ1n) is 9.27. The van der Waals surface area contributed by atoms with Crippen molar-refractivity contribution in [3.8, 4) is 0 Å². The Morgan fingerprint density at radius 1 is 1.04 bits per heavy atom. The molecule has 4 rings (SSSR count). The van der Waals surface area contributed by atoms with Crippen molar-refractivity contribution in [3.05, 3.63) is 83.3 Å². The molecule has 1 aliphatic heterocycles. The van der Waals surface area contributed by atoms with Crippen LogP contribution in [-0.4, -0.2) is 27.3 Å². The topological polar surface area (TPSA) is 58.1 Å². The largest absolute Gasteiger partial charge is 0.339 e. The molecule has 1 amide bonds. The van der Waals surface area contributed by atoms with Gasteiger partial charge in [-0.25, -0.2) is 9.97 Å². The van der Waals surface area contributed by atoms with E-state index in [9.17, 15) is 4.79 Å². The van der Waals surface area contributed by atoms with Gasteiger partial charge in [-0.15, -0.1) is 0 Å². The minimum Gasteiger partial charge on any atom is -0.339 e. The summed E-state index contributed by atoms with van der Waals surface area (Å²) in [6.45, 7) is 3.46. The summed E-state index contributed by atoms with van der Waals surface area (Å²) in [5, 5.41) is 3.22. The number of benzene rings is 2. The number of aromatic nitrogens is 2. The zero-order valence-electron chi connectivity index (χ0n) is 15.4. The van der Waals surface area contributed by atoms with Crippen molar-refractivity contribution in [2.45, 2.75) is 26.3 Å². The van der Waals surface area contributed by atoms with Crippen LogP contribution in [0.1, 0.15) is 34.1 Å². The summed E-state index contributed by atoms with van der Waals surface area (Å²) in [7, 11) is 0. The first kappa shape index (κ1) is 17.2. The Kier molecular flexibility index (Phi) is 4.83. The Bertz CT molecular complexity index is 935. The highest BCUT2D eigenvalue weighted by molar-refractivity contribution is 5.92. The zero-order chi connectivity index (χ0) is 18.6. The molecule has 0 bridgehead atoms. The van der Waals surface area contributed by atoms with E-state index in [2.05, 4.69) is 46.5 Å². The molecule has 1 aromatic heterocycles. The maximum Gasteiger partial charge on any atom is 0.274 e. The van der Waals surface area contributed by atoms with Crippen LogP contribution in [0.15, 0.2) is 60.9 Å². The fourth-order valence-electron chi connectivity index (χ4n) is 3.31. The first-order valence-corrected chi connectivity index (χ1v) is 9.27. The predicted molar refractivity (Wildman–Crippen MR) is 106 cm³/mol. The third kappa shape index (κ3) is 3.82. The fraction of sp³-hybridized carbons (Fsp3) is 0.227. The number of aryl methyl sites for hydroxylation is 1. The van der Waals surface area contributed by atoms with Crippen LogP contribution in [0.25, 0.3) is 0 Å². The number of hydrogen-bond acceptors (Lipinski definition) is 4. The van der Waals surface area contributed by atoms with Crippen LogP contribution >= 0.6 is 0 Å². The van der Waals surface area contributed by atoms with Crippen molar-refractivity contribution in [1.29, 1.82) is 0 Å². The lowest BCUT2D eigenvalue weighted by molar-refractivity contribution is 0.0728. The number of nitrogens with zero attached hydrogens (tertiary/aromatic N) is 3. The van der Waals surface area contributed by atoms with E-state index in [4.69, 9.17) is 0 Å². The Morgan fingerprint density at radius 2 is 1.81 bits per heavy atom. The number of fused-ring (bicyclic) bond motifs is 1. The molecular weight excluding hydrogens is 336 g/mol. The Labute approximate surface area is 159 Å². The lowest BCUT2D eigenvalue weighted by Crippen LogP contribution is -2.36. The number of rotatable bonds is 4. The highest BCUT2D eigenvalue weighted by atomic mass is 16.2. The lowest BCUT2D eigenvalue weighted by Gasteiger charge is -2.28. The van der Waals surface area contributed by atoms with Gasteiger partial charge in [0.15, 0.2) is 0 Å². The third-order valence-electron chi connectivity index (χ3n) is 4.92. The highest BCUT2D eigenvalue weighted by Crippen LogP contribution is 2.20. The van der Waals surface area contributed by atoms with Gasteiger partial charge in [0, 0.05) is 18.8 Å². The molecule has 2 heterocycles. The summed E-state index contributed by atoms with van der Waals surface area (Å²) in [6.07, 6.45) is 5.05. The summed E-state index contributed by atoms with van der Waals surface area (Å²) >= 11 is 0. The van der Waals surface area contributed by atoms with Crippen molar-refractivity contribution in [1.82, 2.24) is 14.9 Å². The second-order valence-corrected chi connectivity index (χ2v) is 6.71. The molecule has 27 heavy (non-hydrogen) atoms. The van der Waals surface area contributed by atoms with Gasteiger partial charge in [0.2, 0.25) is 0 Å². The number of hydrogen-bond donors (Lipinski definition) is 1. The van der Waals surface area contributed by atoms with Crippen molar-refractivity contribution < 1.29 is 4.79 Å². The van der Waals surface area contributed by atoms with Crippen LogP contribution in [0.4, 0.5) is 11.5 Å². The van der Waals surface area contributed by atoms with E-state index in [1.807, 2.05) is 29.2 Å². The average Bonchev–Trinajstić information content (AvgIpc) is 2.74. The molecule has 0 saturated carbocycles. The number of nitrogens with one attached hydrogen (secondary N) is 1. The monoisotopic (exact) mass is 358 g/mol. The van der Waals surface area contributed by atoms with Gasteiger partial charge >= 0.3 is 0 Å². The van der Waals surface area contributed by atoms with Crippen molar-refractivity contribution in [2.75, 3.05) is 11.9 Å². The van der Waals surface area contributed by atoms with Gasteiger partial charge in [-0.05, 0) is 41.7 Å². The minimum atomic E-state index is -0.0733. The van der Waals surface area contributed by atoms with E-state index in [0.717, 1.165) is 18.5 Å². The Balaban J connectivity index is 1.43. The van der Waals surface area contributed by atoms with Gasteiger partial charge in [-0.2, -0.15) is 0 Å². The maximum atomic E-state index is 12.8. The van der Waals surface area contributed by atoms with Crippen LogP contribution in [0.5, 0.6) is 0 Å². The zero-order valence-corrected chi connectivity index (χ0v) is 15.4. The molecule has 5 nitrogen and oxygen atoms in total. The summed E-state index contributed by atoms with van der Waals surface area (Å²) in [6, 6.07) is 16.5. The molecular formula is C22H22N4O. The first-order chi connectivity index (χ1) is 13.2. The van der Waals surface area contributed by atoms with Gasteiger partial charge in [-0.1, -0.05) is 43.3 Å². The Hall–Kier alpha value is -3.21. The van der Waals surface area contributed by atoms with Crippen LogP contribution < -0.4 is 5.32 Å². The smallest absolute Gasteiger partial charge is 0.274 e. The van der Waals surface area contributed by atoms with E-state index >= 15 is 0 Å². The molecule has 0 aliphatic carbocycles. The van der Waals surface area contributed by atoms with Gasteiger partial charge in [0.1, 0.15) is 11.5 Å². The molecule has 136 valence electrons. The van der Waals surface area contributed by atoms with Crippen LogP contribution in [0, 0.1) is 0 Å². The second-order valence-electron chi connectivity index (χ2n) is 6.71. The van der Waals surface area contributed by atoms with Gasteiger partial charge in [0.05, 0.1) is 12.4 Å². The highest BCUT2D eigenvalue weighted by Gasteiger charge is 2.22. The summed E-state index contributed by atoms with van der Waals surface area (Å²) in [5.41, 5.74) is 5.14. The van der Waals surface area contributed by atoms with Crippen LogP contribution in [-0.2, 0) is 19.4 Å². The minimum absolute atomic E-state index is 0.0733.